The molecule has 0 fully saturated rings. The molecule has 0 spiro atoms. The summed E-state index contributed by atoms with van der Waals surface area (Å²) in [6.07, 6.45) is -4.52. The Morgan fingerprint density at radius 2 is 2.05 bits per heavy atom. The average Bonchev–Trinajstić information content (AvgIpc) is 2.80. The number of halogens is 3. The Balaban J connectivity index is 1.92. The van der Waals surface area contributed by atoms with E-state index < -0.39 is 12.0 Å². The number of aryl methyl sites for hydroxylation is 1. The van der Waals surface area contributed by atoms with Gasteiger partial charge in [0.25, 0.3) is 5.56 Å². The maximum Gasteiger partial charge on any atom is 0.451 e. The largest absolute Gasteiger partial charge is 0.451 e. The molecule has 1 aliphatic rings. The Kier molecular flexibility index (Phi) is 2.96. The SMILES string of the molecule is Cc1nc(N2CCn3c(nnc3C(F)(F)F)C2)cc(=O)[nH]1. The second-order valence-electron chi connectivity index (χ2n) is 4.70. The lowest BCUT2D eigenvalue weighted by Crippen LogP contribution is -2.36. The third kappa shape index (κ3) is 2.48. The summed E-state index contributed by atoms with van der Waals surface area (Å²) >= 11 is 0. The Labute approximate surface area is 116 Å². The number of anilines is 1. The highest BCUT2D eigenvalue weighted by atomic mass is 19.4. The van der Waals surface area contributed by atoms with Crippen molar-refractivity contribution in [2.45, 2.75) is 26.2 Å². The van der Waals surface area contributed by atoms with Gasteiger partial charge in [-0.2, -0.15) is 13.2 Å². The van der Waals surface area contributed by atoms with E-state index in [1.165, 1.54) is 6.07 Å². The first-order valence-electron chi connectivity index (χ1n) is 6.17. The van der Waals surface area contributed by atoms with Gasteiger partial charge in [-0.25, -0.2) is 4.98 Å². The third-order valence-corrected chi connectivity index (χ3v) is 3.18. The fourth-order valence-corrected chi connectivity index (χ4v) is 2.29. The molecule has 0 saturated heterocycles. The van der Waals surface area contributed by atoms with Gasteiger partial charge in [0.2, 0.25) is 5.82 Å². The van der Waals surface area contributed by atoms with E-state index in [2.05, 4.69) is 20.2 Å². The van der Waals surface area contributed by atoms with Crippen LogP contribution >= 0.6 is 0 Å². The Morgan fingerprint density at radius 3 is 2.71 bits per heavy atom. The minimum absolute atomic E-state index is 0.0880. The molecule has 21 heavy (non-hydrogen) atoms. The van der Waals surface area contributed by atoms with Crippen molar-refractivity contribution >= 4 is 5.82 Å². The van der Waals surface area contributed by atoms with Crippen LogP contribution in [0.5, 0.6) is 0 Å². The molecular weight excluding hydrogens is 289 g/mol. The van der Waals surface area contributed by atoms with Crippen LogP contribution in [0.2, 0.25) is 0 Å². The molecule has 2 aromatic heterocycles. The molecule has 7 nitrogen and oxygen atoms in total. The molecule has 0 amide bonds. The quantitative estimate of drug-likeness (QED) is 0.839. The number of alkyl halides is 3. The van der Waals surface area contributed by atoms with Crippen LogP contribution in [0, 0.1) is 6.92 Å². The van der Waals surface area contributed by atoms with Gasteiger partial charge in [0.1, 0.15) is 11.6 Å². The zero-order chi connectivity index (χ0) is 15.2. The lowest BCUT2D eigenvalue weighted by atomic mass is 10.3. The number of hydrogen-bond acceptors (Lipinski definition) is 5. The molecule has 0 atom stereocenters. The first kappa shape index (κ1) is 13.6. The normalized spacial score (nSPS) is 15.1. The second kappa shape index (κ2) is 4.57. The number of nitrogens with one attached hydrogen (secondary N) is 1. The minimum Gasteiger partial charge on any atom is -0.347 e. The molecule has 2 aromatic rings. The van der Waals surface area contributed by atoms with E-state index in [-0.39, 0.29) is 24.5 Å². The molecule has 0 unspecified atom stereocenters. The number of hydrogen-bond donors (Lipinski definition) is 1. The summed E-state index contributed by atoms with van der Waals surface area (Å²) in [5, 5.41) is 6.79. The lowest BCUT2D eigenvalue weighted by Gasteiger charge is -2.28. The monoisotopic (exact) mass is 300 g/mol. The van der Waals surface area contributed by atoms with Gasteiger partial charge in [0.15, 0.2) is 5.82 Å². The van der Waals surface area contributed by atoms with Gasteiger partial charge in [-0.15, -0.1) is 10.2 Å². The van der Waals surface area contributed by atoms with Gasteiger partial charge in [0, 0.05) is 19.2 Å². The summed E-state index contributed by atoms with van der Waals surface area (Å²) in [4.78, 5) is 19.8. The van der Waals surface area contributed by atoms with Gasteiger partial charge in [0.05, 0.1) is 6.54 Å². The highest BCUT2D eigenvalue weighted by molar-refractivity contribution is 5.38. The van der Waals surface area contributed by atoms with Crippen molar-refractivity contribution in [3.8, 4) is 0 Å². The molecule has 112 valence electrons. The topological polar surface area (TPSA) is 79.7 Å². The van der Waals surface area contributed by atoms with E-state index in [9.17, 15) is 18.0 Å². The minimum atomic E-state index is -4.52. The van der Waals surface area contributed by atoms with E-state index >= 15 is 0 Å². The highest BCUT2D eigenvalue weighted by Gasteiger charge is 2.39. The molecule has 3 heterocycles. The summed E-state index contributed by atoms with van der Waals surface area (Å²) in [5.74, 6) is 0.0695. The number of rotatable bonds is 1. The summed E-state index contributed by atoms with van der Waals surface area (Å²) in [6, 6.07) is 1.31. The van der Waals surface area contributed by atoms with Crippen molar-refractivity contribution in [2.75, 3.05) is 11.4 Å². The Hall–Kier alpha value is -2.39. The Morgan fingerprint density at radius 1 is 1.29 bits per heavy atom. The highest BCUT2D eigenvalue weighted by Crippen LogP contribution is 2.29. The summed E-state index contributed by atoms with van der Waals surface area (Å²) in [7, 11) is 0. The summed E-state index contributed by atoms with van der Waals surface area (Å²) in [5.41, 5.74) is -0.305. The first-order valence-corrected chi connectivity index (χ1v) is 6.17. The molecule has 0 aromatic carbocycles. The van der Waals surface area contributed by atoms with E-state index in [1.807, 2.05) is 0 Å². The standard InChI is InChI=1S/C11H11F3N6O/c1-6-15-7(4-9(21)16-6)19-2-3-20-8(5-19)17-18-10(20)11(12,13)14/h4H,2-3,5H2,1H3,(H,15,16,21). The fraction of sp³-hybridized carbons (Fsp3) is 0.455. The van der Waals surface area contributed by atoms with Gasteiger partial charge < -0.3 is 14.5 Å². The van der Waals surface area contributed by atoms with Gasteiger partial charge >= 0.3 is 6.18 Å². The van der Waals surface area contributed by atoms with Crippen LogP contribution in [-0.4, -0.2) is 31.3 Å². The van der Waals surface area contributed by atoms with Crippen LogP contribution in [0.15, 0.2) is 10.9 Å². The fourth-order valence-electron chi connectivity index (χ4n) is 2.29. The van der Waals surface area contributed by atoms with E-state index in [0.29, 0.717) is 18.2 Å². The molecule has 10 heteroatoms. The van der Waals surface area contributed by atoms with Crippen LogP contribution in [0.4, 0.5) is 19.0 Å². The smallest absolute Gasteiger partial charge is 0.347 e. The maximum atomic E-state index is 12.7. The molecule has 1 aliphatic heterocycles. The molecule has 0 radical (unpaired) electrons. The van der Waals surface area contributed by atoms with Crippen LogP contribution in [0.1, 0.15) is 17.5 Å². The zero-order valence-corrected chi connectivity index (χ0v) is 11.0. The van der Waals surface area contributed by atoms with Crippen molar-refractivity contribution < 1.29 is 13.2 Å². The summed E-state index contributed by atoms with van der Waals surface area (Å²) in [6.45, 7) is 2.15. The molecule has 1 N–H and O–H groups in total. The number of aromatic amines is 1. The van der Waals surface area contributed by atoms with E-state index in [1.54, 1.807) is 11.8 Å². The average molecular weight is 300 g/mol. The molecule has 3 rings (SSSR count). The second-order valence-corrected chi connectivity index (χ2v) is 4.70. The van der Waals surface area contributed by atoms with Crippen LogP contribution in [0.25, 0.3) is 0 Å². The molecular formula is C11H11F3N6O. The van der Waals surface area contributed by atoms with Crippen molar-refractivity contribution in [3.63, 3.8) is 0 Å². The maximum absolute atomic E-state index is 12.7. The van der Waals surface area contributed by atoms with Crippen LogP contribution in [0.3, 0.4) is 0 Å². The Bertz CT molecular complexity index is 734. The predicted octanol–water partition coefficient (Wildman–Crippen LogP) is 0.709. The van der Waals surface area contributed by atoms with E-state index in [0.717, 1.165) is 4.57 Å². The first-order chi connectivity index (χ1) is 9.84. The number of aromatic nitrogens is 5. The van der Waals surface area contributed by atoms with Crippen molar-refractivity contribution in [1.29, 1.82) is 0 Å². The van der Waals surface area contributed by atoms with Crippen LogP contribution < -0.4 is 10.5 Å². The van der Waals surface area contributed by atoms with E-state index in [4.69, 9.17) is 0 Å². The lowest BCUT2D eigenvalue weighted by molar-refractivity contribution is -0.147. The van der Waals surface area contributed by atoms with Crippen molar-refractivity contribution in [2.24, 2.45) is 0 Å². The zero-order valence-electron chi connectivity index (χ0n) is 11.0. The predicted molar refractivity (Wildman–Crippen MR) is 65.7 cm³/mol. The van der Waals surface area contributed by atoms with Gasteiger partial charge in [-0.05, 0) is 6.92 Å². The van der Waals surface area contributed by atoms with Gasteiger partial charge in [-0.1, -0.05) is 0 Å². The summed E-state index contributed by atoms with van der Waals surface area (Å²) < 4.78 is 39.3. The molecule has 0 aliphatic carbocycles. The van der Waals surface area contributed by atoms with Crippen molar-refractivity contribution in [1.82, 2.24) is 24.7 Å². The van der Waals surface area contributed by atoms with Crippen LogP contribution in [-0.2, 0) is 19.3 Å². The molecule has 0 saturated carbocycles. The number of nitrogens with zero attached hydrogens (tertiary/aromatic N) is 5. The van der Waals surface area contributed by atoms with Gasteiger partial charge in [-0.3, -0.25) is 4.79 Å². The number of H-pyrrole nitrogens is 1. The van der Waals surface area contributed by atoms with Crippen molar-refractivity contribution in [3.05, 3.63) is 33.9 Å². The number of fused-ring (bicyclic) bond motifs is 1. The molecule has 0 bridgehead atoms. The third-order valence-electron chi connectivity index (χ3n) is 3.18.